The molecule has 29 heavy (non-hydrogen) atoms. The zero-order valence-corrected chi connectivity index (χ0v) is 15.4. The third-order valence-electron chi connectivity index (χ3n) is 4.95. The third kappa shape index (κ3) is 2.96. The van der Waals surface area contributed by atoms with Crippen molar-refractivity contribution in [3.63, 3.8) is 0 Å². The summed E-state index contributed by atoms with van der Waals surface area (Å²) in [5.74, 6) is -0.240. The van der Waals surface area contributed by atoms with Crippen LogP contribution in [0.4, 0.5) is 5.69 Å². The summed E-state index contributed by atoms with van der Waals surface area (Å²) >= 11 is 0. The number of carbonyl (C=O) groups is 1. The van der Waals surface area contributed by atoms with Gasteiger partial charge in [-0.25, -0.2) is 4.98 Å². The van der Waals surface area contributed by atoms with Crippen LogP contribution in [0.5, 0.6) is 0 Å². The predicted molar refractivity (Wildman–Crippen MR) is 115 cm³/mol. The molecule has 140 valence electrons. The fourth-order valence-electron chi connectivity index (χ4n) is 3.55. The first kappa shape index (κ1) is 16.9. The lowest BCUT2D eigenvalue weighted by atomic mass is 10.0. The van der Waals surface area contributed by atoms with Gasteiger partial charge in [-0.05, 0) is 35.9 Å². The lowest BCUT2D eigenvalue weighted by Crippen LogP contribution is -2.06. The molecule has 6 nitrogen and oxygen atoms in total. The van der Waals surface area contributed by atoms with Crippen LogP contribution < -0.4 is 5.32 Å². The van der Waals surface area contributed by atoms with Crippen molar-refractivity contribution in [1.29, 1.82) is 0 Å². The van der Waals surface area contributed by atoms with Crippen LogP contribution in [0.25, 0.3) is 44.2 Å². The molecule has 0 bridgehead atoms. The van der Waals surface area contributed by atoms with Crippen LogP contribution in [0.3, 0.4) is 0 Å². The van der Waals surface area contributed by atoms with Crippen molar-refractivity contribution < 1.29 is 4.79 Å². The van der Waals surface area contributed by atoms with E-state index in [1.807, 2.05) is 61.3 Å². The molecular weight excluding hydrogens is 362 g/mol. The van der Waals surface area contributed by atoms with E-state index in [1.54, 1.807) is 0 Å². The Morgan fingerprint density at radius 2 is 1.93 bits per heavy atom. The Kier molecular flexibility index (Phi) is 3.95. The monoisotopic (exact) mass is 379 g/mol. The molecule has 0 aliphatic heterocycles. The number of hydrogen-bond donors (Lipinski definition) is 3. The number of aromatic amines is 2. The number of rotatable bonds is 4. The largest absolute Gasteiger partial charge is 0.360 e. The van der Waals surface area contributed by atoms with Gasteiger partial charge in [0.25, 0.3) is 0 Å². The molecule has 1 amide bonds. The summed E-state index contributed by atoms with van der Waals surface area (Å²) in [6.45, 7) is 3.49. The molecule has 0 unspecified atom stereocenters. The van der Waals surface area contributed by atoms with Crippen LogP contribution >= 0.6 is 0 Å². The fraction of sp³-hybridized carbons (Fsp3) is 0. The molecule has 5 rings (SSSR count). The Hall–Kier alpha value is -4.19. The van der Waals surface area contributed by atoms with Crippen LogP contribution in [-0.4, -0.2) is 25.8 Å². The molecule has 0 aliphatic rings. The summed E-state index contributed by atoms with van der Waals surface area (Å²) in [6.07, 6.45) is 10.6. The van der Waals surface area contributed by atoms with E-state index in [4.69, 9.17) is 0 Å². The van der Waals surface area contributed by atoms with E-state index in [0.717, 1.165) is 44.2 Å². The van der Waals surface area contributed by atoms with Crippen molar-refractivity contribution in [2.45, 2.75) is 0 Å². The fourth-order valence-corrected chi connectivity index (χ4v) is 3.55. The van der Waals surface area contributed by atoms with Crippen LogP contribution in [0.1, 0.15) is 0 Å². The number of carbonyl (C=O) groups excluding carboxylic acids is 1. The van der Waals surface area contributed by atoms with Gasteiger partial charge in [-0.1, -0.05) is 18.7 Å². The average Bonchev–Trinajstić information content (AvgIpc) is 3.40. The van der Waals surface area contributed by atoms with Gasteiger partial charge in [0, 0.05) is 57.9 Å². The second-order valence-corrected chi connectivity index (χ2v) is 6.72. The van der Waals surface area contributed by atoms with E-state index in [2.05, 4.69) is 37.9 Å². The van der Waals surface area contributed by atoms with Crippen molar-refractivity contribution in [2.24, 2.45) is 0 Å². The van der Waals surface area contributed by atoms with Gasteiger partial charge in [-0.2, -0.15) is 0 Å². The molecule has 0 aliphatic carbocycles. The minimum absolute atomic E-state index is 0.240. The summed E-state index contributed by atoms with van der Waals surface area (Å²) in [6, 6.07) is 11.8. The molecule has 0 saturated heterocycles. The van der Waals surface area contributed by atoms with E-state index < -0.39 is 0 Å². The predicted octanol–water partition coefficient (Wildman–Crippen LogP) is 4.90. The van der Waals surface area contributed by atoms with Gasteiger partial charge in [0.15, 0.2) is 0 Å². The van der Waals surface area contributed by atoms with E-state index in [0.29, 0.717) is 5.69 Å². The third-order valence-corrected chi connectivity index (χ3v) is 4.95. The number of anilines is 1. The number of benzene rings is 1. The second-order valence-electron chi connectivity index (χ2n) is 6.72. The van der Waals surface area contributed by atoms with Crippen molar-refractivity contribution in [1.82, 2.24) is 19.9 Å². The molecular formula is C23H17N5O. The summed E-state index contributed by atoms with van der Waals surface area (Å²) in [7, 11) is 0. The lowest BCUT2D eigenvalue weighted by Gasteiger charge is -2.07. The molecule has 0 saturated carbocycles. The topological polar surface area (TPSA) is 86.5 Å². The Balaban J connectivity index is 1.62. The van der Waals surface area contributed by atoms with E-state index in [1.165, 1.54) is 6.08 Å². The van der Waals surface area contributed by atoms with E-state index in [9.17, 15) is 4.79 Å². The minimum atomic E-state index is -0.240. The van der Waals surface area contributed by atoms with Gasteiger partial charge >= 0.3 is 0 Å². The SMILES string of the molecule is C=CC(=O)Nc1cccc(-c2cnc3[nH]cc(-c4cncc5[nH]ccc45)c3c2)c1. The highest BCUT2D eigenvalue weighted by atomic mass is 16.1. The Morgan fingerprint density at radius 1 is 1.00 bits per heavy atom. The Labute approximate surface area is 166 Å². The summed E-state index contributed by atoms with van der Waals surface area (Å²) in [5, 5.41) is 4.92. The minimum Gasteiger partial charge on any atom is -0.360 e. The quantitative estimate of drug-likeness (QED) is 0.388. The van der Waals surface area contributed by atoms with Gasteiger partial charge < -0.3 is 15.3 Å². The standard InChI is InChI=1S/C23H17N5O/c1-2-22(29)28-16-5-3-4-14(8-16)15-9-18-20(12-27-23(18)26-10-15)19-11-24-13-21-17(19)6-7-25-21/h2-13,25H,1H2,(H,26,27)(H,28,29). The number of nitrogens with zero attached hydrogens (tertiary/aromatic N) is 2. The highest BCUT2D eigenvalue weighted by Crippen LogP contribution is 2.34. The van der Waals surface area contributed by atoms with Crippen molar-refractivity contribution in [3.05, 3.63) is 80.0 Å². The van der Waals surface area contributed by atoms with Gasteiger partial charge in [0.1, 0.15) is 5.65 Å². The van der Waals surface area contributed by atoms with Crippen molar-refractivity contribution in [3.8, 4) is 22.3 Å². The normalized spacial score (nSPS) is 11.0. The average molecular weight is 379 g/mol. The number of aromatic nitrogens is 4. The first-order valence-corrected chi connectivity index (χ1v) is 9.15. The van der Waals surface area contributed by atoms with Crippen LogP contribution in [-0.2, 0) is 4.79 Å². The molecule has 3 N–H and O–H groups in total. The molecule has 4 aromatic heterocycles. The van der Waals surface area contributed by atoms with Gasteiger partial charge in [-0.15, -0.1) is 0 Å². The maximum absolute atomic E-state index is 11.6. The van der Waals surface area contributed by atoms with E-state index >= 15 is 0 Å². The molecule has 0 radical (unpaired) electrons. The lowest BCUT2D eigenvalue weighted by molar-refractivity contribution is -0.111. The first-order chi connectivity index (χ1) is 14.2. The smallest absolute Gasteiger partial charge is 0.247 e. The van der Waals surface area contributed by atoms with Gasteiger partial charge in [0.2, 0.25) is 5.91 Å². The maximum Gasteiger partial charge on any atom is 0.247 e. The summed E-state index contributed by atoms with van der Waals surface area (Å²) < 4.78 is 0. The molecule has 4 heterocycles. The number of fused-ring (bicyclic) bond motifs is 2. The van der Waals surface area contributed by atoms with Crippen molar-refractivity contribution in [2.75, 3.05) is 5.32 Å². The number of nitrogens with one attached hydrogen (secondary N) is 3. The van der Waals surface area contributed by atoms with E-state index in [-0.39, 0.29) is 5.91 Å². The molecule has 0 spiro atoms. The van der Waals surface area contributed by atoms with Gasteiger partial charge in [-0.3, -0.25) is 9.78 Å². The summed E-state index contributed by atoms with van der Waals surface area (Å²) in [5.41, 5.74) is 6.53. The molecule has 5 aromatic rings. The first-order valence-electron chi connectivity index (χ1n) is 9.15. The highest BCUT2D eigenvalue weighted by molar-refractivity contribution is 6.04. The van der Waals surface area contributed by atoms with Crippen molar-refractivity contribution >= 4 is 33.5 Å². The molecule has 0 fully saturated rings. The molecule has 1 aromatic carbocycles. The molecule has 6 heteroatoms. The number of amides is 1. The summed E-state index contributed by atoms with van der Waals surface area (Å²) in [4.78, 5) is 27.0. The second kappa shape index (κ2) is 6.76. The van der Waals surface area contributed by atoms with Crippen LogP contribution in [0.2, 0.25) is 0 Å². The highest BCUT2D eigenvalue weighted by Gasteiger charge is 2.12. The van der Waals surface area contributed by atoms with Gasteiger partial charge in [0.05, 0.1) is 11.7 Å². The maximum atomic E-state index is 11.6. The molecule has 0 atom stereocenters. The zero-order chi connectivity index (χ0) is 19.8. The Bertz CT molecular complexity index is 1380. The zero-order valence-electron chi connectivity index (χ0n) is 15.4. The number of pyridine rings is 2. The number of H-pyrrole nitrogens is 2. The van der Waals surface area contributed by atoms with Crippen LogP contribution in [0, 0.1) is 0 Å². The number of hydrogen-bond acceptors (Lipinski definition) is 3. The van der Waals surface area contributed by atoms with Crippen LogP contribution in [0.15, 0.2) is 80.0 Å². The Morgan fingerprint density at radius 3 is 2.83 bits per heavy atom.